The minimum Gasteiger partial charge on any atom is -0.396 e. The van der Waals surface area contributed by atoms with E-state index in [9.17, 15) is 0 Å². The van der Waals surface area contributed by atoms with Crippen molar-refractivity contribution in [1.82, 2.24) is 0 Å². The molecule has 0 atom stereocenters. The second kappa shape index (κ2) is 12.9. The summed E-state index contributed by atoms with van der Waals surface area (Å²) in [6.07, 6.45) is 0. The van der Waals surface area contributed by atoms with Crippen molar-refractivity contribution < 1.29 is 45.6 Å². The van der Waals surface area contributed by atoms with E-state index in [1.165, 1.54) is 0 Å². The molecule has 0 aromatic heterocycles. The molecular weight excluding hydrogens is 324 g/mol. The van der Waals surface area contributed by atoms with Crippen molar-refractivity contribution in [2.24, 2.45) is 16.2 Å². The molecule has 0 fully saturated rings. The van der Waals surface area contributed by atoms with E-state index in [2.05, 4.69) is 0 Å². The van der Waals surface area contributed by atoms with Gasteiger partial charge in [-0.15, -0.1) is 0 Å². The van der Waals surface area contributed by atoms with E-state index in [4.69, 9.17) is 45.6 Å². The lowest BCUT2D eigenvalue weighted by atomic mass is 9.91. The molecule has 0 radical (unpaired) electrons. The molecule has 0 unspecified atom stereocenters. The number of aliphatic hydroxyl groups excluding tert-OH is 8. The van der Waals surface area contributed by atoms with Crippen LogP contribution in [0.1, 0.15) is 13.8 Å². The van der Waals surface area contributed by atoms with E-state index in [0.29, 0.717) is 0 Å². The van der Waals surface area contributed by atoms with Crippen molar-refractivity contribution in [2.45, 2.75) is 13.8 Å². The maximum absolute atomic E-state index is 9.02. The highest BCUT2D eigenvalue weighted by molar-refractivity contribution is 4.78. The van der Waals surface area contributed by atoms with Crippen LogP contribution in [0.4, 0.5) is 0 Å². The number of hydrogen-bond donors (Lipinski definition) is 8. The average molecular weight is 358 g/mol. The first kappa shape index (κ1) is 25.9. The first-order chi connectivity index (χ1) is 11.2. The highest BCUT2D eigenvalue weighted by atomic mass is 16.5. The normalized spacial score (nSPS) is 12.8. The van der Waals surface area contributed by atoms with Crippen LogP contribution < -0.4 is 0 Å². The second-order valence-electron chi connectivity index (χ2n) is 6.88. The third-order valence-corrected chi connectivity index (χ3v) is 3.77. The molecule has 0 rings (SSSR count). The molecular formula is C15H34O9. The number of aliphatic hydroxyl groups is 8. The van der Waals surface area contributed by atoms with Crippen LogP contribution in [0.5, 0.6) is 0 Å². The number of hydrogen-bond acceptors (Lipinski definition) is 9. The molecule has 9 heteroatoms. The van der Waals surface area contributed by atoms with Gasteiger partial charge in [-0.3, -0.25) is 0 Å². The summed E-state index contributed by atoms with van der Waals surface area (Å²) in [4.78, 5) is 0. The molecule has 8 N–H and O–H groups in total. The SMILES string of the molecule is CC(CO)(CO)CO.CC(CO)(CO)COCC(CO)(CO)CO. The van der Waals surface area contributed by atoms with E-state index >= 15 is 0 Å². The Bertz CT molecular complexity index is 270. The molecule has 0 spiro atoms. The Morgan fingerprint density at radius 2 is 0.833 bits per heavy atom. The lowest BCUT2D eigenvalue weighted by Crippen LogP contribution is -2.41. The number of rotatable bonds is 12. The maximum atomic E-state index is 9.02. The van der Waals surface area contributed by atoms with Crippen LogP contribution in [0.3, 0.4) is 0 Å². The molecule has 0 saturated heterocycles. The molecule has 148 valence electrons. The fourth-order valence-electron chi connectivity index (χ4n) is 1.09. The van der Waals surface area contributed by atoms with Crippen molar-refractivity contribution in [3.63, 3.8) is 0 Å². The minimum atomic E-state index is -1.08. The highest BCUT2D eigenvalue weighted by Gasteiger charge is 2.30. The number of ether oxygens (including phenoxy) is 1. The molecule has 9 nitrogen and oxygen atoms in total. The molecule has 0 amide bonds. The maximum Gasteiger partial charge on any atom is 0.0629 e. The summed E-state index contributed by atoms with van der Waals surface area (Å²) < 4.78 is 5.22. The third-order valence-electron chi connectivity index (χ3n) is 3.77. The van der Waals surface area contributed by atoms with Crippen molar-refractivity contribution in [3.05, 3.63) is 0 Å². The van der Waals surface area contributed by atoms with Crippen molar-refractivity contribution >= 4 is 0 Å². The van der Waals surface area contributed by atoms with E-state index in [-0.39, 0.29) is 46.2 Å². The first-order valence-corrected chi connectivity index (χ1v) is 7.64. The standard InChI is InChI=1S/C10H22O6.C5H12O3/c1-9(2-11,3-12)7-16-8-10(4-13,5-14)6-15;1-5(2-6,3-7)4-8/h11-15H,2-8H2,1H3;6-8H,2-4H2,1H3. The van der Waals surface area contributed by atoms with Crippen molar-refractivity contribution in [1.29, 1.82) is 0 Å². The highest BCUT2D eigenvalue weighted by Crippen LogP contribution is 2.19. The quantitative estimate of drug-likeness (QED) is 0.180. The molecule has 0 bridgehead atoms. The molecule has 0 aliphatic heterocycles. The molecule has 0 aromatic carbocycles. The summed E-state index contributed by atoms with van der Waals surface area (Å²) in [5, 5.41) is 70.5. The predicted molar refractivity (Wildman–Crippen MR) is 86.2 cm³/mol. The fraction of sp³-hybridized carbons (Fsp3) is 1.00. The molecule has 0 aliphatic rings. The predicted octanol–water partition coefficient (Wildman–Crippen LogP) is -3.07. The van der Waals surface area contributed by atoms with Crippen LogP contribution in [-0.2, 0) is 4.74 Å². The van der Waals surface area contributed by atoms with Crippen LogP contribution in [0.2, 0.25) is 0 Å². The zero-order valence-electron chi connectivity index (χ0n) is 14.6. The monoisotopic (exact) mass is 358 g/mol. The Hall–Kier alpha value is -0.360. The zero-order chi connectivity index (χ0) is 19.3. The molecule has 0 saturated carbocycles. The Morgan fingerprint density at radius 3 is 1.04 bits per heavy atom. The van der Waals surface area contributed by atoms with Gasteiger partial charge in [-0.05, 0) is 0 Å². The first-order valence-electron chi connectivity index (χ1n) is 7.64. The average Bonchev–Trinajstić information content (AvgIpc) is 2.65. The Kier molecular flexibility index (Phi) is 13.9. The zero-order valence-corrected chi connectivity index (χ0v) is 14.6. The van der Waals surface area contributed by atoms with Crippen LogP contribution in [0.25, 0.3) is 0 Å². The summed E-state index contributed by atoms with van der Waals surface area (Å²) in [7, 11) is 0. The summed E-state index contributed by atoms with van der Waals surface area (Å²) in [6.45, 7) is 1.12. The largest absolute Gasteiger partial charge is 0.396 e. The Labute approximate surface area is 142 Å². The Morgan fingerprint density at radius 1 is 0.500 bits per heavy atom. The summed E-state index contributed by atoms with van der Waals surface area (Å²) in [5.74, 6) is 0. The van der Waals surface area contributed by atoms with Crippen LogP contribution in [-0.4, -0.2) is 107 Å². The second-order valence-corrected chi connectivity index (χ2v) is 6.88. The van der Waals surface area contributed by atoms with Gasteiger partial charge in [0.2, 0.25) is 0 Å². The Balaban J connectivity index is 0. The van der Waals surface area contributed by atoms with E-state index in [0.717, 1.165) is 0 Å². The smallest absolute Gasteiger partial charge is 0.0629 e. The summed E-state index contributed by atoms with van der Waals surface area (Å²) in [6, 6.07) is 0. The van der Waals surface area contributed by atoms with Gasteiger partial charge >= 0.3 is 0 Å². The molecule has 0 aromatic rings. The van der Waals surface area contributed by atoms with Gasteiger partial charge in [-0.2, -0.15) is 0 Å². The van der Waals surface area contributed by atoms with Gasteiger partial charge in [0.25, 0.3) is 0 Å². The molecule has 24 heavy (non-hydrogen) atoms. The van der Waals surface area contributed by atoms with Gasteiger partial charge < -0.3 is 45.6 Å². The van der Waals surface area contributed by atoms with Crippen molar-refractivity contribution in [3.8, 4) is 0 Å². The third kappa shape index (κ3) is 9.21. The van der Waals surface area contributed by atoms with Gasteiger partial charge in [-0.25, -0.2) is 0 Å². The van der Waals surface area contributed by atoms with Gasteiger partial charge in [-0.1, -0.05) is 13.8 Å². The van der Waals surface area contributed by atoms with Crippen LogP contribution in [0, 0.1) is 16.2 Å². The molecule has 0 heterocycles. The minimum absolute atomic E-state index is 0.0356. The lowest BCUT2D eigenvalue weighted by molar-refractivity contribution is -0.0871. The topological polar surface area (TPSA) is 171 Å². The van der Waals surface area contributed by atoms with E-state index < -0.39 is 36.1 Å². The lowest BCUT2D eigenvalue weighted by Gasteiger charge is -2.30. The fourth-order valence-corrected chi connectivity index (χ4v) is 1.09. The van der Waals surface area contributed by atoms with Gasteiger partial charge in [0.05, 0.1) is 71.5 Å². The van der Waals surface area contributed by atoms with E-state index in [1.54, 1.807) is 13.8 Å². The van der Waals surface area contributed by atoms with E-state index in [1.807, 2.05) is 0 Å². The van der Waals surface area contributed by atoms with Gasteiger partial charge in [0.15, 0.2) is 0 Å². The summed E-state index contributed by atoms with van der Waals surface area (Å²) in [5.41, 5.74) is -2.54. The van der Waals surface area contributed by atoms with Crippen molar-refractivity contribution in [2.75, 3.05) is 66.1 Å². The van der Waals surface area contributed by atoms with Gasteiger partial charge in [0.1, 0.15) is 0 Å². The van der Waals surface area contributed by atoms with Gasteiger partial charge in [0, 0.05) is 10.8 Å². The molecule has 0 aliphatic carbocycles. The summed E-state index contributed by atoms with van der Waals surface area (Å²) >= 11 is 0. The van der Waals surface area contributed by atoms with Crippen LogP contribution in [0.15, 0.2) is 0 Å². The van der Waals surface area contributed by atoms with Crippen LogP contribution >= 0.6 is 0 Å².